The van der Waals surface area contributed by atoms with Crippen molar-refractivity contribution in [3.8, 4) is 0 Å². The Bertz CT molecular complexity index is 1340. The number of aliphatic hydroxyl groups is 1. The van der Waals surface area contributed by atoms with Crippen molar-refractivity contribution in [1.29, 1.82) is 0 Å². The molecule has 5 N–H and O–H groups in total. The topological polar surface area (TPSA) is 124 Å². The SMILES string of the molecule is CCNC(=O)c1cnc(Nc2ccc3c(c2)CNCC3(C)C)nc1Nc1nc(C2(CO)CC2)ccc1F. The number of pyridine rings is 1. The van der Waals surface area contributed by atoms with Gasteiger partial charge in [-0.3, -0.25) is 4.79 Å². The van der Waals surface area contributed by atoms with Gasteiger partial charge in [0, 0.05) is 42.3 Å². The van der Waals surface area contributed by atoms with Crippen molar-refractivity contribution >= 4 is 29.2 Å². The number of nitrogens with zero attached hydrogens (tertiary/aromatic N) is 3. The molecule has 37 heavy (non-hydrogen) atoms. The van der Waals surface area contributed by atoms with Gasteiger partial charge in [0.15, 0.2) is 11.6 Å². The van der Waals surface area contributed by atoms with Gasteiger partial charge in [-0.25, -0.2) is 14.4 Å². The van der Waals surface area contributed by atoms with E-state index in [-0.39, 0.29) is 41.1 Å². The predicted molar refractivity (Wildman–Crippen MR) is 140 cm³/mol. The minimum absolute atomic E-state index is 0.0364. The zero-order chi connectivity index (χ0) is 26.2. The van der Waals surface area contributed by atoms with Crippen LogP contribution in [0.15, 0.2) is 36.5 Å². The van der Waals surface area contributed by atoms with Crippen LogP contribution in [0.5, 0.6) is 0 Å². The van der Waals surface area contributed by atoms with E-state index in [9.17, 15) is 14.3 Å². The highest BCUT2D eigenvalue weighted by Crippen LogP contribution is 2.47. The molecule has 2 aromatic heterocycles. The summed E-state index contributed by atoms with van der Waals surface area (Å²) in [6, 6.07) is 9.06. The first-order chi connectivity index (χ1) is 17.7. The Hall–Kier alpha value is -3.63. The average molecular weight is 506 g/mol. The van der Waals surface area contributed by atoms with Gasteiger partial charge in [-0.05, 0) is 55.2 Å². The van der Waals surface area contributed by atoms with Gasteiger partial charge < -0.3 is 26.4 Å². The number of carbonyl (C=O) groups excluding carboxylic acids is 1. The molecule has 194 valence electrons. The summed E-state index contributed by atoms with van der Waals surface area (Å²) < 4.78 is 14.8. The quantitative estimate of drug-likeness (QED) is 0.314. The lowest BCUT2D eigenvalue weighted by molar-refractivity contribution is 0.0956. The Morgan fingerprint density at radius 2 is 1.95 bits per heavy atom. The van der Waals surface area contributed by atoms with E-state index in [4.69, 9.17) is 0 Å². The number of rotatable bonds is 8. The van der Waals surface area contributed by atoms with Crippen molar-refractivity contribution < 1.29 is 14.3 Å². The Kier molecular flexibility index (Phi) is 6.55. The summed E-state index contributed by atoms with van der Waals surface area (Å²) in [5.74, 6) is -0.651. The second kappa shape index (κ2) is 9.68. The first-order valence-corrected chi connectivity index (χ1v) is 12.6. The third-order valence-corrected chi connectivity index (χ3v) is 7.13. The number of aliphatic hydroxyl groups excluding tert-OH is 1. The summed E-state index contributed by atoms with van der Waals surface area (Å²) in [5, 5.41) is 22.1. The van der Waals surface area contributed by atoms with E-state index in [2.05, 4.69) is 62.2 Å². The fourth-order valence-electron chi connectivity index (χ4n) is 4.75. The van der Waals surface area contributed by atoms with Crippen molar-refractivity contribution in [3.63, 3.8) is 0 Å². The molecule has 1 amide bonds. The molecule has 0 atom stereocenters. The van der Waals surface area contributed by atoms with Crippen molar-refractivity contribution in [2.24, 2.45) is 0 Å². The summed E-state index contributed by atoms with van der Waals surface area (Å²) in [7, 11) is 0. The summed E-state index contributed by atoms with van der Waals surface area (Å²) >= 11 is 0. The molecule has 3 heterocycles. The Morgan fingerprint density at radius 1 is 1.14 bits per heavy atom. The second-order valence-corrected chi connectivity index (χ2v) is 10.4. The Balaban J connectivity index is 1.46. The number of amides is 1. The zero-order valence-electron chi connectivity index (χ0n) is 21.3. The molecule has 1 saturated carbocycles. The third kappa shape index (κ3) is 4.99. The molecule has 2 aliphatic rings. The highest BCUT2D eigenvalue weighted by Gasteiger charge is 2.45. The van der Waals surface area contributed by atoms with Gasteiger partial charge in [0.25, 0.3) is 5.91 Å². The van der Waals surface area contributed by atoms with E-state index in [0.717, 1.165) is 31.6 Å². The van der Waals surface area contributed by atoms with Crippen LogP contribution in [-0.2, 0) is 17.4 Å². The van der Waals surface area contributed by atoms with E-state index in [0.29, 0.717) is 12.2 Å². The largest absolute Gasteiger partial charge is 0.395 e. The van der Waals surface area contributed by atoms with Crippen molar-refractivity contribution in [3.05, 3.63) is 64.7 Å². The number of fused-ring (bicyclic) bond motifs is 1. The van der Waals surface area contributed by atoms with E-state index in [1.807, 2.05) is 13.0 Å². The highest BCUT2D eigenvalue weighted by atomic mass is 19.1. The van der Waals surface area contributed by atoms with Crippen molar-refractivity contribution in [1.82, 2.24) is 25.6 Å². The van der Waals surface area contributed by atoms with Crippen LogP contribution in [0.25, 0.3) is 0 Å². The molecule has 0 bridgehead atoms. The molecular weight excluding hydrogens is 473 g/mol. The predicted octanol–water partition coefficient (Wildman–Crippen LogP) is 3.65. The van der Waals surface area contributed by atoms with Crippen LogP contribution in [0.1, 0.15) is 60.8 Å². The van der Waals surface area contributed by atoms with Crippen LogP contribution in [-0.4, -0.2) is 45.7 Å². The summed E-state index contributed by atoms with van der Waals surface area (Å²) in [6.45, 7) is 8.28. The first kappa shape index (κ1) is 25.0. The molecule has 10 heteroatoms. The standard InChI is InChI=1S/C27H32FN7O2/c1-4-30-24(37)18-13-31-25(32-17-5-6-19-16(11-17)12-29-14-26(19,2)3)35-22(18)34-23-20(28)7-8-21(33-23)27(15-36)9-10-27/h5-8,11,13,29,36H,4,9-10,12,14-15H2,1-3H3,(H,30,37)(H2,31,32,33,34,35). The van der Waals surface area contributed by atoms with Gasteiger partial charge in [-0.15, -0.1) is 0 Å². The van der Waals surface area contributed by atoms with Gasteiger partial charge in [0.05, 0.1) is 12.3 Å². The first-order valence-electron chi connectivity index (χ1n) is 12.6. The lowest BCUT2D eigenvalue weighted by Crippen LogP contribution is -2.38. The number of aromatic nitrogens is 3. The monoisotopic (exact) mass is 505 g/mol. The van der Waals surface area contributed by atoms with Crippen LogP contribution in [0.3, 0.4) is 0 Å². The summed E-state index contributed by atoms with van der Waals surface area (Å²) in [5.41, 5.74) is 3.68. The van der Waals surface area contributed by atoms with E-state index < -0.39 is 11.2 Å². The number of benzene rings is 1. The van der Waals surface area contributed by atoms with Gasteiger partial charge >= 0.3 is 0 Å². The van der Waals surface area contributed by atoms with Crippen LogP contribution >= 0.6 is 0 Å². The van der Waals surface area contributed by atoms with E-state index in [1.165, 1.54) is 23.4 Å². The fraction of sp³-hybridized carbons (Fsp3) is 0.407. The molecule has 1 aliphatic carbocycles. The lowest BCUT2D eigenvalue weighted by Gasteiger charge is -2.33. The molecule has 0 unspecified atom stereocenters. The summed E-state index contributed by atoms with van der Waals surface area (Å²) in [6.07, 6.45) is 2.99. The Labute approximate surface area is 215 Å². The summed E-state index contributed by atoms with van der Waals surface area (Å²) in [4.78, 5) is 26.0. The molecule has 9 nitrogen and oxygen atoms in total. The van der Waals surface area contributed by atoms with E-state index >= 15 is 0 Å². The minimum atomic E-state index is -0.586. The number of anilines is 4. The maximum Gasteiger partial charge on any atom is 0.256 e. The maximum absolute atomic E-state index is 14.8. The number of hydrogen-bond donors (Lipinski definition) is 5. The molecule has 5 rings (SSSR count). The number of nitrogens with one attached hydrogen (secondary N) is 4. The van der Waals surface area contributed by atoms with Crippen molar-refractivity contribution in [2.45, 2.75) is 51.0 Å². The van der Waals surface area contributed by atoms with Gasteiger partial charge in [0.2, 0.25) is 5.95 Å². The molecule has 0 radical (unpaired) electrons. The maximum atomic E-state index is 14.8. The van der Waals surface area contributed by atoms with Crippen LogP contribution in [0, 0.1) is 5.82 Å². The molecular formula is C27H32FN7O2. The molecule has 0 saturated heterocycles. The molecule has 3 aromatic rings. The normalized spacial score (nSPS) is 17.0. The lowest BCUT2D eigenvalue weighted by atomic mass is 9.79. The number of halogens is 1. The molecule has 1 aliphatic heterocycles. The van der Waals surface area contributed by atoms with Gasteiger partial charge in [-0.2, -0.15) is 4.98 Å². The van der Waals surface area contributed by atoms with Gasteiger partial charge in [-0.1, -0.05) is 19.9 Å². The van der Waals surface area contributed by atoms with Crippen LogP contribution in [0.2, 0.25) is 0 Å². The minimum Gasteiger partial charge on any atom is -0.395 e. The van der Waals surface area contributed by atoms with Crippen LogP contribution < -0.4 is 21.3 Å². The zero-order valence-corrected chi connectivity index (χ0v) is 21.3. The van der Waals surface area contributed by atoms with Gasteiger partial charge in [0.1, 0.15) is 11.4 Å². The smallest absolute Gasteiger partial charge is 0.256 e. The number of carbonyl (C=O) groups is 1. The van der Waals surface area contributed by atoms with Crippen molar-refractivity contribution in [2.75, 3.05) is 30.3 Å². The Morgan fingerprint density at radius 3 is 2.68 bits per heavy atom. The van der Waals surface area contributed by atoms with E-state index in [1.54, 1.807) is 6.07 Å². The fourth-order valence-corrected chi connectivity index (χ4v) is 4.75. The third-order valence-electron chi connectivity index (χ3n) is 7.13. The average Bonchev–Trinajstić information content (AvgIpc) is 3.67. The molecule has 0 spiro atoms. The number of hydrogen-bond acceptors (Lipinski definition) is 8. The van der Waals surface area contributed by atoms with Crippen LogP contribution in [0.4, 0.5) is 27.7 Å². The highest BCUT2D eigenvalue weighted by molar-refractivity contribution is 5.99. The second-order valence-electron chi connectivity index (χ2n) is 10.4. The molecule has 1 aromatic carbocycles. The molecule has 1 fully saturated rings.